The molecule has 2 N–H and O–H groups in total. The number of rotatable bonds is 9. The molecule has 2 aromatic heterocycles. The minimum Gasteiger partial charge on any atom is -0.438 e. The van der Waals surface area contributed by atoms with Gasteiger partial charge < -0.3 is 20.1 Å². The number of alkyl halides is 4. The number of carbonyl (C=O) groups excluding carboxylic acids is 2. The molecule has 2 amide bonds. The van der Waals surface area contributed by atoms with Crippen molar-refractivity contribution in [3.63, 3.8) is 0 Å². The van der Waals surface area contributed by atoms with Gasteiger partial charge in [-0.3, -0.25) is 9.59 Å². The zero-order valence-corrected chi connectivity index (χ0v) is 19.4. The fourth-order valence-electron chi connectivity index (χ4n) is 3.42. The standard InChI is InChI=1S/C25H19F4N5O4/c26-24(27)25(28,29)38-18-6-1-3-15(11-18)23(36)30-16-4-2-5-17(12-16)37-21-10-9-20-31-19(13-34(20)33-21)32-22(35)14-7-8-14/h1-6,9-14,24H,7-8H2,(H,30,36)(H,32,35). The maximum absolute atomic E-state index is 13.2. The van der Waals surface area contributed by atoms with Crippen LogP contribution in [0.25, 0.3) is 5.65 Å². The first kappa shape index (κ1) is 25.0. The molecule has 13 heteroatoms. The molecule has 1 fully saturated rings. The van der Waals surface area contributed by atoms with Gasteiger partial charge in [-0.05, 0) is 49.2 Å². The summed E-state index contributed by atoms with van der Waals surface area (Å²) in [7, 11) is 0. The average Bonchev–Trinajstić information content (AvgIpc) is 3.65. The molecule has 196 valence electrons. The van der Waals surface area contributed by atoms with Gasteiger partial charge in [-0.1, -0.05) is 12.1 Å². The van der Waals surface area contributed by atoms with Crippen LogP contribution in [0.5, 0.6) is 17.4 Å². The quantitative estimate of drug-likeness (QED) is 0.283. The lowest BCUT2D eigenvalue weighted by molar-refractivity contribution is -0.253. The summed E-state index contributed by atoms with van der Waals surface area (Å²) in [6, 6.07) is 14.1. The van der Waals surface area contributed by atoms with Crippen LogP contribution in [0.1, 0.15) is 23.2 Å². The van der Waals surface area contributed by atoms with Gasteiger partial charge in [0.2, 0.25) is 11.8 Å². The molecule has 0 aliphatic heterocycles. The third-order valence-electron chi connectivity index (χ3n) is 5.41. The number of ether oxygens (including phenoxy) is 2. The molecule has 1 aliphatic rings. The third kappa shape index (κ3) is 5.82. The summed E-state index contributed by atoms with van der Waals surface area (Å²) >= 11 is 0. The maximum Gasteiger partial charge on any atom is 0.461 e. The molecule has 0 radical (unpaired) electrons. The van der Waals surface area contributed by atoms with E-state index < -0.39 is 24.2 Å². The van der Waals surface area contributed by atoms with Gasteiger partial charge in [0.1, 0.15) is 11.5 Å². The molecule has 2 aromatic carbocycles. The zero-order valence-electron chi connectivity index (χ0n) is 19.4. The lowest BCUT2D eigenvalue weighted by atomic mass is 10.2. The zero-order chi connectivity index (χ0) is 26.9. The van der Waals surface area contributed by atoms with Crippen LogP contribution in [0, 0.1) is 5.92 Å². The van der Waals surface area contributed by atoms with E-state index in [9.17, 15) is 27.2 Å². The highest BCUT2D eigenvalue weighted by molar-refractivity contribution is 6.04. The Morgan fingerprint density at radius 3 is 2.53 bits per heavy atom. The van der Waals surface area contributed by atoms with Gasteiger partial charge in [0.15, 0.2) is 11.5 Å². The first-order valence-electron chi connectivity index (χ1n) is 11.4. The predicted molar refractivity (Wildman–Crippen MR) is 127 cm³/mol. The second-order valence-electron chi connectivity index (χ2n) is 8.44. The summed E-state index contributed by atoms with van der Waals surface area (Å²) in [6.45, 7) is 0. The van der Waals surface area contributed by atoms with Crippen LogP contribution in [0.15, 0.2) is 66.9 Å². The second-order valence-corrected chi connectivity index (χ2v) is 8.44. The van der Waals surface area contributed by atoms with E-state index in [4.69, 9.17) is 4.74 Å². The Morgan fingerprint density at radius 1 is 1.00 bits per heavy atom. The van der Waals surface area contributed by atoms with Crippen LogP contribution < -0.4 is 20.1 Å². The minimum absolute atomic E-state index is 0.0342. The van der Waals surface area contributed by atoms with Crippen molar-refractivity contribution in [2.24, 2.45) is 5.92 Å². The van der Waals surface area contributed by atoms with Crippen molar-refractivity contribution in [3.05, 3.63) is 72.4 Å². The highest BCUT2D eigenvalue weighted by Crippen LogP contribution is 2.31. The second kappa shape index (κ2) is 10.00. The highest BCUT2D eigenvalue weighted by Gasteiger charge is 2.44. The Labute approximate surface area is 212 Å². The van der Waals surface area contributed by atoms with Crippen molar-refractivity contribution in [1.82, 2.24) is 14.6 Å². The van der Waals surface area contributed by atoms with Crippen LogP contribution in [-0.4, -0.2) is 38.9 Å². The van der Waals surface area contributed by atoms with E-state index in [1.165, 1.54) is 22.7 Å². The largest absolute Gasteiger partial charge is 0.461 e. The molecule has 0 atom stereocenters. The summed E-state index contributed by atoms with van der Waals surface area (Å²) in [5.41, 5.74) is 0.725. The number of amides is 2. The van der Waals surface area contributed by atoms with Crippen LogP contribution in [0.4, 0.5) is 29.1 Å². The molecular weight excluding hydrogens is 510 g/mol. The van der Waals surface area contributed by atoms with Crippen LogP contribution >= 0.6 is 0 Å². The number of nitrogens with zero attached hydrogens (tertiary/aromatic N) is 3. The fraction of sp³-hybridized carbons (Fsp3) is 0.200. The van der Waals surface area contributed by atoms with E-state index in [2.05, 4.69) is 25.5 Å². The molecule has 1 aliphatic carbocycles. The maximum atomic E-state index is 13.2. The molecule has 0 spiro atoms. The number of halogens is 4. The molecule has 0 saturated heterocycles. The van der Waals surface area contributed by atoms with E-state index in [0.29, 0.717) is 22.9 Å². The lowest BCUT2D eigenvalue weighted by Crippen LogP contribution is -2.33. The van der Waals surface area contributed by atoms with Gasteiger partial charge in [-0.2, -0.15) is 17.6 Å². The number of benzene rings is 2. The number of fused-ring (bicyclic) bond motifs is 1. The number of anilines is 2. The van der Waals surface area contributed by atoms with Crippen molar-refractivity contribution in [1.29, 1.82) is 0 Å². The van der Waals surface area contributed by atoms with E-state index in [1.54, 1.807) is 36.5 Å². The monoisotopic (exact) mass is 529 g/mol. The van der Waals surface area contributed by atoms with E-state index in [-0.39, 0.29) is 23.3 Å². The Morgan fingerprint density at radius 2 is 1.76 bits per heavy atom. The smallest absolute Gasteiger partial charge is 0.438 e. The fourth-order valence-corrected chi connectivity index (χ4v) is 3.42. The minimum atomic E-state index is -4.69. The predicted octanol–water partition coefficient (Wildman–Crippen LogP) is 5.36. The third-order valence-corrected chi connectivity index (χ3v) is 5.41. The molecule has 0 unspecified atom stereocenters. The van der Waals surface area contributed by atoms with Gasteiger partial charge in [-0.15, -0.1) is 5.10 Å². The molecular formula is C25H19F4N5O4. The van der Waals surface area contributed by atoms with Gasteiger partial charge in [0.05, 0.1) is 6.20 Å². The van der Waals surface area contributed by atoms with E-state index in [1.807, 2.05) is 0 Å². The Balaban J connectivity index is 1.25. The van der Waals surface area contributed by atoms with Crippen LogP contribution in [0.3, 0.4) is 0 Å². The SMILES string of the molecule is O=C(Nc1cccc(Oc2ccc3nc(NC(=O)C4CC4)cn3n2)c1)c1cccc(OC(F)(F)C(F)F)c1. The van der Waals surface area contributed by atoms with Crippen LogP contribution in [-0.2, 0) is 4.79 Å². The topological polar surface area (TPSA) is 107 Å². The number of nitrogens with one attached hydrogen (secondary N) is 2. The molecule has 2 heterocycles. The van der Waals surface area contributed by atoms with Crippen molar-refractivity contribution >= 4 is 29.0 Å². The number of aromatic nitrogens is 3. The summed E-state index contributed by atoms with van der Waals surface area (Å²) in [5.74, 6) is -0.401. The molecule has 4 aromatic rings. The van der Waals surface area contributed by atoms with Crippen LogP contribution in [0.2, 0.25) is 0 Å². The summed E-state index contributed by atoms with van der Waals surface area (Å²) in [6.07, 6.45) is -5.41. The molecule has 0 bridgehead atoms. The van der Waals surface area contributed by atoms with Crippen molar-refractivity contribution in [2.75, 3.05) is 10.6 Å². The Bertz CT molecular complexity index is 1510. The average molecular weight is 529 g/mol. The normalized spacial score (nSPS) is 13.4. The van der Waals surface area contributed by atoms with Crippen molar-refractivity contribution in [2.45, 2.75) is 25.4 Å². The van der Waals surface area contributed by atoms with Crippen molar-refractivity contribution < 1.29 is 36.6 Å². The molecule has 38 heavy (non-hydrogen) atoms. The van der Waals surface area contributed by atoms with E-state index in [0.717, 1.165) is 25.0 Å². The van der Waals surface area contributed by atoms with E-state index >= 15 is 0 Å². The Kier molecular flexibility index (Phi) is 6.57. The first-order chi connectivity index (χ1) is 18.2. The molecule has 9 nitrogen and oxygen atoms in total. The summed E-state index contributed by atoms with van der Waals surface area (Å²) in [5, 5.41) is 9.64. The molecule has 1 saturated carbocycles. The number of hydrogen-bond acceptors (Lipinski definition) is 6. The van der Waals surface area contributed by atoms with Gasteiger partial charge in [0, 0.05) is 29.3 Å². The highest BCUT2D eigenvalue weighted by atomic mass is 19.3. The number of carbonyl (C=O) groups is 2. The van der Waals surface area contributed by atoms with Gasteiger partial charge in [-0.25, -0.2) is 9.50 Å². The van der Waals surface area contributed by atoms with Gasteiger partial charge in [0.25, 0.3) is 5.91 Å². The number of imidazole rings is 1. The first-order valence-corrected chi connectivity index (χ1v) is 11.4. The lowest BCUT2D eigenvalue weighted by Gasteiger charge is -2.17. The summed E-state index contributed by atoms with van der Waals surface area (Å²) in [4.78, 5) is 28.9. The van der Waals surface area contributed by atoms with Crippen molar-refractivity contribution in [3.8, 4) is 17.4 Å². The molecule has 5 rings (SSSR count). The summed E-state index contributed by atoms with van der Waals surface area (Å²) < 4.78 is 62.4. The Hall–Kier alpha value is -4.68. The van der Waals surface area contributed by atoms with Gasteiger partial charge >= 0.3 is 12.5 Å². The number of hydrogen-bond donors (Lipinski definition) is 2.